The molecule has 1 amide bonds. The summed E-state index contributed by atoms with van der Waals surface area (Å²) in [5.74, 6) is -0.455. The summed E-state index contributed by atoms with van der Waals surface area (Å²) in [6.45, 7) is 5.43. The maximum Gasteiger partial charge on any atom is 0.243 e. The van der Waals surface area contributed by atoms with E-state index in [1.807, 2.05) is 6.92 Å². The number of hydrogen-bond donors (Lipinski definition) is 1. The van der Waals surface area contributed by atoms with Gasteiger partial charge in [0.1, 0.15) is 11.6 Å². The van der Waals surface area contributed by atoms with Crippen LogP contribution in [0, 0.1) is 12.7 Å². The normalized spacial score (nSPS) is 11.4. The van der Waals surface area contributed by atoms with Crippen molar-refractivity contribution < 1.29 is 22.3 Å². The Morgan fingerprint density at radius 2 is 1.81 bits per heavy atom. The number of aryl methyl sites for hydroxylation is 1. The average Bonchev–Trinajstić information content (AvgIpc) is 2.63. The van der Waals surface area contributed by atoms with E-state index in [4.69, 9.17) is 4.74 Å². The van der Waals surface area contributed by atoms with E-state index >= 15 is 0 Å². The number of nitrogens with zero attached hydrogens (tertiary/aromatic N) is 1. The van der Waals surface area contributed by atoms with Gasteiger partial charge in [-0.05, 0) is 55.8 Å². The van der Waals surface area contributed by atoms with Crippen molar-refractivity contribution in [3.8, 4) is 5.75 Å². The molecule has 0 saturated carbocycles. The van der Waals surface area contributed by atoms with Crippen molar-refractivity contribution in [1.82, 2.24) is 4.31 Å². The molecular formula is C19H23FN2O4S. The third-order valence-corrected chi connectivity index (χ3v) is 5.85. The number of benzene rings is 2. The molecule has 2 aromatic carbocycles. The van der Waals surface area contributed by atoms with Gasteiger partial charge < -0.3 is 10.1 Å². The van der Waals surface area contributed by atoms with Crippen LogP contribution < -0.4 is 10.1 Å². The minimum absolute atomic E-state index is 0.0718. The first-order valence-electron chi connectivity index (χ1n) is 8.57. The van der Waals surface area contributed by atoms with E-state index in [-0.39, 0.29) is 18.0 Å². The number of carbonyl (C=O) groups is 1. The zero-order valence-electron chi connectivity index (χ0n) is 15.5. The predicted octanol–water partition coefficient (Wildman–Crippen LogP) is 3.18. The fourth-order valence-electron chi connectivity index (χ4n) is 2.47. The standard InChI is InChI=1S/C19H23FN2O4S/c1-4-22(13-19(23)21-18-12-15(20)7-6-14(18)3)27(24,25)17-10-8-16(9-11-17)26-5-2/h6-12H,4-5,13H2,1-3H3,(H,21,23). The van der Waals surface area contributed by atoms with Gasteiger partial charge in [0, 0.05) is 12.2 Å². The Kier molecular flexibility index (Phi) is 6.92. The summed E-state index contributed by atoms with van der Waals surface area (Å²) in [7, 11) is -3.85. The Morgan fingerprint density at radius 1 is 1.15 bits per heavy atom. The highest BCUT2D eigenvalue weighted by molar-refractivity contribution is 7.89. The lowest BCUT2D eigenvalue weighted by atomic mass is 10.2. The highest BCUT2D eigenvalue weighted by Crippen LogP contribution is 2.20. The molecule has 0 heterocycles. The Morgan fingerprint density at radius 3 is 2.41 bits per heavy atom. The van der Waals surface area contributed by atoms with E-state index < -0.39 is 21.7 Å². The van der Waals surface area contributed by atoms with Crippen molar-refractivity contribution >= 4 is 21.6 Å². The van der Waals surface area contributed by atoms with E-state index in [2.05, 4.69) is 5.32 Å². The number of likely N-dealkylation sites (N-methyl/N-ethyl adjacent to an activating group) is 1. The molecule has 8 heteroatoms. The van der Waals surface area contributed by atoms with Crippen LogP contribution in [0.5, 0.6) is 5.75 Å². The van der Waals surface area contributed by atoms with Crippen molar-refractivity contribution in [2.75, 3.05) is 25.0 Å². The van der Waals surface area contributed by atoms with Gasteiger partial charge in [0.15, 0.2) is 0 Å². The van der Waals surface area contributed by atoms with Gasteiger partial charge in [-0.1, -0.05) is 13.0 Å². The summed E-state index contributed by atoms with van der Waals surface area (Å²) in [6, 6.07) is 10.1. The highest BCUT2D eigenvalue weighted by Gasteiger charge is 2.25. The summed E-state index contributed by atoms with van der Waals surface area (Å²) < 4.78 is 45.3. The van der Waals surface area contributed by atoms with Crippen LogP contribution in [-0.2, 0) is 14.8 Å². The Bertz CT molecular complexity index is 898. The topological polar surface area (TPSA) is 75.7 Å². The van der Waals surface area contributed by atoms with E-state index in [0.29, 0.717) is 23.6 Å². The number of sulfonamides is 1. The van der Waals surface area contributed by atoms with Gasteiger partial charge in [0.05, 0.1) is 18.0 Å². The van der Waals surface area contributed by atoms with Gasteiger partial charge in [-0.15, -0.1) is 0 Å². The first kappa shape index (κ1) is 20.9. The molecule has 6 nitrogen and oxygen atoms in total. The van der Waals surface area contributed by atoms with Crippen molar-refractivity contribution in [2.24, 2.45) is 0 Å². The summed E-state index contributed by atoms with van der Waals surface area (Å²) in [5, 5.41) is 2.56. The van der Waals surface area contributed by atoms with E-state index in [1.54, 1.807) is 32.0 Å². The third-order valence-electron chi connectivity index (χ3n) is 3.92. The van der Waals surface area contributed by atoms with Gasteiger partial charge >= 0.3 is 0 Å². The SMILES string of the molecule is CCOc1ccc(S(=O)(=O)N(CC)CC(=O)Nc2cc(F)ccc2C)cc1. The summed E-state index contributed by atoms with van der Waals surface area (Å²) in [4.78, 5) is 12.4. The Hall–Kier alpha value is -2.45. The van der Waals surface area contributed by atoms with Gasteiger partial charge in [-0.2, -0.15) is 4.31 Å². The maximum atomic E-state index is 13.4. The fourth-order valence-corrected chi connectivity index (χ4v) is 3.87. The maximum absolute atomic E-state index is 13.4. The van der Waals surface area contributed by atoms with Gasteiger partial charge in [-0.25, -0.2) is 12.8 Å². The molecule has 0 radical (unpaired) electrons. The number of carbonyl (C=O) groups excluding carboxylic acids is 1. The first-order chi connectivity index (χ1) is 12.8. The van der Waals surface area contributed by atoms with Crippen LogP contribution >= 0.6 is 0 Å². The molecule has 2 aromatic rings. The molecule has 0 fully saturated rings. The summed E-state index contributed by atoms with van der Waals surface area (Å²) in [5.41, 5.74) is 0.997. The van der Waals surface area contributed by atoms with Gasteiger partial charge in [-0.3, -0.25) is 4.79 Å². The van der Waals surface area contributed by atoms with Crippen molar-refractivity contribution in [1.29, 1.82) is 0 Å². The summed E-state index contributed by atoms with van der Waals surface area (Å²) in [6.07, 6.45) is 0. The quantitative estimate of drug-likeness (QED) is 0.746. The lowest BCUT2D eigenvalue weighted by Gasteiger charge is -2.20. The Balaban J connectivity index is 2.14. The average molecular weight is 394 g/mol. The van der Waals surface area contributed by atoms with Crippen LogP contribution in [0.15, 0.2) is 47.4 Å². The van der Waals surface area contributed by atoms with Crippen LogP contribution in [0.4, 0.5) is 10.1 Å². The number of amides is 1. The van der Waals surface area contributed by atoms with Crippen LogP contribution in [0.3, 0.4) is 0 Å². The number of anilines is 1. The number of ether oxygens (including phenoxy) is 1. The second-order valence-corrected chi connectivity index (χ2v) is 7.78. The smallest absolute Gasteiger partial charge is 0.243 e. The zero-order chi connectivity index (χ0) is 20.0. The van der Waals surface area contributed by atoms with Crippen molar-refractivity contribution in [3.63, 3.8) is 0 Å². The van der Waals surface area contributed by atoms with Crippen molar-refractivity contribution in [2.45, 2.75) is 25.7 Å². The molecule has 0 bridgehead atoms. The second-order valence-electron chi connectivity index (χ2n) is 5.84. The molecule has 0 aliphatic rings. The number of nitrogens with one attached hydrogen (secondary N) is 1. The third kappa shape index (κ3) is 5.27. The van der Waals surface area contributed by atoms with Gasteiger partial charge in [0.2, 0.25) is 15.9 Å². The number of halogens is 1. The molecule has 0 atom stereocenters. The molecule has 0 aliphatic heterocycles. The predicted molar refractivity (Wildman–Crippen MR) is 102 cm³/mol. The molecule has 2 rings (SSSR count). The van der Waals surface area contributed by atoms with Crippen molar-refractivity contribution in [3.05, 3.63) is 53.8 Å². The lowest BCUT2D eigenvalue weighted by Crippen LogP contribution is -2.37. The first-order valence-corrected chi connectivity index (χ1v) is 10.0. The fraction of sp³-hybridized carbons (Fsp3) is 0.316. The van der Waals surface area contributed by atoms with Crippen LogP contribution in [0.25, 0.3) is 0 Å². The Labute approximate surface area is 159 Å². The van der Waals surface area contributed by atoms with Crippen LogP contribution in [0.1, 0.15) is 19.4 Å². The van der Waals surface area contributed by atoms with Gasteiger partial charge in [0.25, 0.3) is 0 Å². The monoisotopic (exact) mass is 394 g/mol. The van der Waals surface area contributed by atoms with Crippen LogP contribution in [0.2, 0.25) is 0 Å². The largest absolute Gasteiger partial charge is 0.494 e. The highest BCUT2D eigenvalue weighted by atomic mass is 32.2. The number of rotatable bonds is 8. The molecular weight excluding hydrogens is 371 g/mol. The van der Waals surface area contributed by atoms with E-state index in [1.165, 1.54) is 24.3 Å². The minimum Gasteiger partial charge on any atom is -0.494 e. The molecule has 0 saturated heterocycles. The summed E-state index contributed by atoms with van der Waals surface area (Å²) >= 11 is 0. The molecule has 27 heavy (non-hydrogen) atoms. The molecule has 0 aromatic heterocycles. The second kappa shape index (κ2) is 8.96. The molecule has 1 N–H and O–H groups in total. The minimum atomic E-state index is -3.85. The molecule has 0 spiro atoms. The van der Waals surface area contributed by atoms with Crippen LogP contribution in [-0.4, -0.2) is 38.3 Å². The molecule has 0 aliphatic carbocycles. The zero-order valence-corrected chi connectivity index (χ0v) is 16.3. The number of hydrogen-bond acceptors (Lipinski definition) is 4. The lowest BCUT2D eigenvalue weighted by molar-refractivity contribution is -0.116. The van der Waals surface area contributed by atoms with E-state index in [9.17, 15) is 17.6 Å². The molecule has 0 unspecified atom stereocenters. The molecule has 146 valence electrons. The van der Waals surface area contributed by atoms with E-state index in [0.717, 1.165) is 4.31 Å².